The van der Waals surface area contributed by atoms with Crippen LogP contribution in [0.5, 0.6) is 5.75 Å². The van der Waals surface area contributed by atoms with Crippen LogP contribution in [0.1, 0.15) is 44.6 Å². The molecule has 0 amide bonds. The summed E-state index contributed by atoms with van der Waals surface area (Å²) in [6.45, 7) is 2.66. The lowest BCUT2D eigenvalue weighted by atomic mass is 9.89. The van der Waals surface area contributed by atoms with Gasteiger partial charge < -0.3 is 25.1 Å². The molecule has 0 spiro atoms. The quantitative estimate of drug-likeness (QED) is 0.656. The molecule has 0 radical (unpaired) electrons. The smallest absolute Gasteiger partial charge is 0.146 e. The van der Waals surface area contributed by atoms with Crippen LogP contribution in [0.2, 0.25) is 0 Å². The molecule has 3 saturated heterocycles. The van der Waals surface area contributed by atoms with E-state index in [0.717, 1.165) is 66.7 Å². The fourth-order valence-corrected chi connectivity index (χ4v) is 5.54. The number of benzene rings is 1. The predicted molar refractivity (Wildman–Crippen MR) is 120 cm³/mol. The number of nitrogens with two attached hydrogens (primary N) is 1. The molecule has 6 rings (SSSR count). The Morgan fingerprint density at radius 2 is 2.00 bits per heavy atom. The second-order valence-corrected chi connectivity index (χ2v) is 9.21. The first-order valence-electron chi connectivity index (χ1n) is 11.4. The number of piperidine rings is 1. The molecule has 7 heteroatoms. The van der Waals surface area contributed by atoms with Crippen molar-refractivity contribution in [2.45, 2.75) is 56.3 Å². The van der Waals surface area contributed by atoms with Crippen LogP contribution < -0.4 is 15.8 Å². The minimum atomic E-state index is -0.0794. The van der Waals surface area contributed by atoms with E-state index in [1.165, 1.54) is 12.8 Å². The fraction of sp³-hybridized carbons (Fsp3) is 0.500. The Morgan fingerprint density at radius 3 is 2.77 bits per heavy atom. The van der Waals surface area contributed by atoms with Gasteiger partial charge in [-0.25, -0.2) is 9.97 Å². The van der Waals surface area contributed by atoms with Crippen molar-refractivity contribution in [2.24, 2.45) is 0 Å². The number of nitrogens with zero attached hydrogens (tertiary/aromatic N) is 3. The molecule has 31 heavy (non-hydrogen) atoms. The average molecular weight is 420 g/mol. The fourth-order valence-electron chi connectivity index (χ4n) is 5.54. The molecule has 3 fully saturated rings. The van der Waals surface area contributed by atoms with Crippen molar-refractivity contribution in [3.05, 3.63) is 36.8 Å². The molecule has 7 nitrogen and oxygen atoms in total. The highest BCUT2D eigenvalue weighted by atomic mass is 16.6. The lowest BCUT2D eigenvalue weighted by Gasteiger charge is -2.24. The monoisotopic (exact) mass is 419 g/mol. The first kappa shape index (κ1) is 19.1. The predicted octanol–water partition coefficient (Wildman–Crippen LogP) is 3.70. The summed E-state index contributed by atoms with van der Waals surface area (Å²) < 4.78 is 14.7. The highest BCUT2D eigenvalue weighted by molar-refractivity contribution is 6.00. The Hall–Kier alpha value is -2.64. The van der Waals surface area contributed by atoms with E-state index in [1.807, 2.05) is 12.1 Å². The maximum absolute atomic E-state index is 6.33. The maximum atomic E-state index is 6.33. The highest BCUT2D eigenvalue weighted by Crippen LogP contribution is 2.44. The number of ether oxygens (including phenoxy) is 2. The van der Waals surface area contributed by atoms with Crippen LogP contribution in [-0.2, 0) is 4.74 Å². The summed E-state index contributed by atoms with van der Waals surface area (Å²) in [5.41, 5.74) is 9.30. The summed E-state index contributed by atoms with van der Waals surface area (Å²) in [6.07, 6.45) is 10.9. The van der Waals surface area contributed by atoms with Crippen molar-refractivity contribution >= 4 is 16.9 Å². The number of nitrogens with one attached hydrogen (secondary N) is 1. The van der Waals surface area contributed by atoms with Crippen molar-refractivity contribution in [1.29, 1.82) is 0 Å². The molecule has 3 N–H and O–H groups in total. The van der Waals surface area contributed by atoms with Gasteiger partial charge in [-0.15, -0.1) is 0 Å². The van der Waals surface area contributed by atoms with Gasteiger partial charge in [0, 0.05) is 17.8 Å². The SMILES string of the molecule is Nc1ncnc2c1c(-c1cccc(OCC34CCC(CC3)O4)c1)cn2C1CCNCC1. The number of aromatic nitrogens is 3. The van der Waals surface area contributed by atoms with E-state index in [9.17, 15) is 0 Å². The topological polar surface area (TPSA) is 87.2 Å². The Labute approximate surface area is 182 Å². The second kappa shape index (κ2) is 7.50. The number of rotatable bonds is 5. The van der Waals surface area contributed by atoms with E-state index in [1.54, 1.807) is 6.33 Å². The van der Waals surface area contributed by atoms with Crippen LogP contribution in [0.15, 0.2) is 36.8 Å². The van der Waals surface area contributed by atoms with Crippen molar-refractivity contribution in [3.8, 4) is 16.9 Å². The lowest BCUT2D eigenvalue weighted by Crippen LogP contribution is -2.32. The number of hydrogen-bond acceptors (Lipinski definition) is 6. The molecular weight excluding hydrogens is 390 g/mol. The van der Waals surface area contributed by atoms with Gasteiger partial charge in [0.25, 0.3) is 0 Å². The third-order valence-electron chi connectivity index (χ3n) is 7.25. The summed E-state index contributed by atoms with van der Waals surface area (Å²) >= 11 is 0. The van der Waals surface area contributed by atoms with Crippen LogP contribution in [0.25, 0.3) is 22.2 Å². The van der Waals surface area contributed by atoms with E-state index in [2.05, 4.69) is 38.2 Å². The summed E-state index contributed by atoms with van der Waals surface area (Å²) in [4.78, 5) is 8.88. The van der Waals surface area contributed by atoms with Gasteiger partial charge in [-0.05, 0) is 69.3 Å². The second-order valence-electron chi connectivity index (χ2n) is 9.21. The van der Waals surface area contributed by atoms with Crippen LogP contribution in [0.4, 0.5) is 5.82 Å². The maximum Gasteiger partial charge on any atom is 0.146 e. The Bertz CT molecular complexity index is 1100. The van der Waals surface area contributed by atoms with Crippen molar-refractivity contribution in [3.63, 3.8) is 0 Å². The number of nitrogen functional groups attached to an aromatic ring is 1. The van der Waals surface area contributed by atoms with E-state index in [-0.39, 0.29) is 5.60 Å². The highest BCUT2D eigenvalue weighted by Gasteiger charge is 2.46. The van der Waals surface area contributed by atoms with Crippen LogP contribution in [0.3, 0.4) is 0 Å². The Balaban J connectivity index is 1.33. The minimum Gasteiger partial charge on any atom is -0.491 e. The van der Waals surface area contributed by atoms with E-state index >= 15 is 0 Å². The van der Waals surface area contributed by atoms with Gasteiger partial charge in [0.05, 0.1) is 11.5 Å². The standard InChI is InChI=1S/C24H29N5O2/c25-22-21-20(13-29(23(21)28-15-27-22)17-6-10-26-11-7-17)16-2-1-3-19(12-16)30-14-24-8-4-18(31-24)5-9-24/h1-3,12-13,15,17-18,26H,4-11,14H2,(H2,25,27,28). The summed E-state index contributed by atoms with van der Waals surface area (Å²) in [5.74, 6) is 1.39. The third kappa shape index (κ3) is 3.36. The number of anilines is 1. The van der Waals surface area contributed by atoms with Gasteiger partial charge >= 0.3 is 0 Å². The Kier molecular flexibility index (Phi) is 4.61. The normalized spacial score (nSPS) is 26.0. The average Bonchev–Trinajstić information content (AvgIpc) is 3.52. The van der Waals surface area contributed by atoms with Crippen LogP contribution >= 0.6 is 0 Å². The van der Waals surface area contributed by atoms with E-state index < -0.39 is 0 Å². The van der Waals surface area contributed by atoms with Gasteiger partial charge in [0.1, 0.15) is 35.7 Å². The third-order valence-corrected chi connectivity index (χ3v) is 7.25. The zero-order valence-electron chi connectivity index (χ0n) is 17.7. The molecule has 162 valence electrons. The molecule has 2 bridgehead atoms. The zero-order chi connectivity index (χ0) is 20.8. The molecule has 3 aliphatic heterocycles. The van der Waals surface area contributed by atoms with Crippen LogP contribution in [-0.4, -0.2) is 45.9 Å². The molecule has 0 unspecified atom stereocenters. The van der Waals surface area contributed by atoms with Crippen molar-refractivity contribution in [2.75, 3.05) is 25.4 Å². The molecule has 1 aromatic carbocycles. The lowest BCUT2D eigenvalue weighted by molar-refractivity contribution is -0.0198. The minimum absolute atomic E-state index is 0.0794. The van der Waals surface area contributed by atoms with Gasteiger partial charge in [0.2, 0.25) is 0 Å². The summed E-state index contributed by atoms with van der Waals surface area (Å²) in [6, 6.07) is 8.69. The van der Waals surface area contributed by atoms with Gasteiger partial charge in [-0.3, -0.25) is 0 Å². The first-order chi connectivity index (χ1) is 15.2. The molecule has 0 saturated carbocycles. The number of fused-ring (bicyclic) bond motifs is 3. The molecule has 0 aliphatic carbocycles. The molecule has 2 aromatic heterocycles. The zero-order valence-corrected chi connectivity index (χ0v) is 17.7. The first-order valence-corrected chi connectivity index (χ1v) is 11.4. The van der Waals surface area contributed by atoms with Gasteiger partial charge in [0.15, 0.2) is 0 Å². The van der Waals surface area contributed by atoms with Gasteiger partial charge in [-0.1, -0.05) is 12.1 Å². The molecule has 3 aliphatic rings. The summed E-state index contributed by atoms with van der Waals surface area (Å²) in [5, 5.41) is 4.37. The number of hydrogen-bond donors (Lipinski definition) is 2. The molecule has 3 aromatic rings. The largest absolute Gasteiger partial charge is 0.491 e. The molecular formula is C24H29N5O2. The van der Waals surface area contributed by atoms with Crippen molar-refractivity contribution in [1.82, 2.24) is 19.9 Å². The van der Waals surface area contributed by atoms with E-state index in [4.69, 9.17) is 15.2 Å². The van der Waals surface area contributed by atoms with Crippen LogP contribution in [0, 0.1) is 0 Å². The van der Waals surface area contributed by atoms with Crippen molar-refractivity contribution < 1.29 is 9.47 Å². The summed E-state index contributed by atoms with van der Waals surface area (Å²) in [7, 11) is 0. The molecule has 0 atom stereocenters. The van der Waals surface area contributed by atoms with Gasteiger partial charge in [-0.2, -0.15) is 0 Å². The molecule has 5 heterocycles. The Morgan fingerprint density at radius 1 is 1.16 bits per heavy atom. The van der Waals surface area contributed by atoms with E-state index in [0.29, 0.717) is 24.6 Å².